The standard InChI is InChI=1S/C16H25NO/c1-12(2)16(14-7-5-4-6-8-14)17-15(11-18-3)13-9-10-13/h4-8,12-13,15-17H,9-11H2,1-3H3. The van der Waals surface area contributed by atoms with Gasteiger partial charge >= 0.3 is 0 Å². The third kappa shape index (κ3) is 3.56. The molecule has 2 atom stereocenters. The molecule has 0 bridgehead atoms. The molecule has 0 aromatic heterocycles. The summed E-state index contributed by atoms with van der Waals surface area (Å²) >= 11 is 0. The maximum atomic E-state index is 5.36. The summed E-state index contributed by atoms with van der Waals surface area (Å²) < 4.78 is 5.36. The van der Waals surface area contributed by atoms with Crippen LogP contribution in [0.1, 0.15) is 38.3 Å². The van der Waals surface area contributed by atoms with Crippen LogP contribution in [0.2, 0.25) is 0 Å². The molecule has 0 saturated heterocycles. The highest BCUT2D eigenvalue weighted by atomic mass is 16.5. The molecule has 0 spiro atoms. The van der Waals surface area contributed by atoms with Crippen molar-refractivity contribution in [3.8, 4) is 0 Å². The third-order valence-corrected chi connectivity index (χ3v) is 3.76. The summed E-state index contributed by atoms with van der Waals surface area (Å²) in [5.74, 6) is 1.40. The highest BCUT2D eigenvalue weighted by Crippen LogP contribution is 2.35. The van der Waals surface area contributed by atoms with Crippen LogP contribution in [0.15, 0.2) is 30.3 Å². The van der Waals surface area contributed by atoms with E-state index in [4.69, 9.17) is 4.74 Å². The molecule has 1 aromatic carbocycles. The summed E-state index contributed by atoms with van der Waals surface area (Å²) in [7, 11) is 1.80. The smallest absolute Gasteiger partial charge is 0.0618 e. The van der Waals surface area contributed by atoms with Crippen LogP contribution in [0.3, 0.4) is 0 Å². The lowest BCUT2D eigenvalue weighted by Gasteiger charge is -2.28. The van der Waals surface area contributed by atoms with E-state index in [9.17, 15) is 0 Å². The number of hydrogen-bond donors (Lipinski definition) is 1. The molecule has 100 valence electrons. The van der Waals surface area contributed by atoms with Crippen molar-refractivity contribution in [2.24, 2.45) is 11.8 Å². The van der Waals surface area contributed by atoms with Gasteiger partial charge in [-0.05, 0) is 30.2 Å². The van der Waals surface area contributed by atoms with Crippen LogP contribution in [0, 0.1) is 11.8 Å². The number of nitrogens with one attached hydrogen (secondary N) is 1. The Bertz CT molecular complexity index is 345. The molecule has 0 amide bonds. The summed E-state index contributed by atoms with van der Waals surface area (Å²) in [4.78, 5) is 0. The molecule has 18 heavy (non-hydrogen) atoms. The lowest BCUT2D eigenvalue weighted by molar-refractivity contribution is 0.146. The van der Waals surface area contributed by atoms with Gasteiger partial charge in [0.25, 0.3) is 0 Å². The van der Waals surface area contributed by atoms with E-state index in [1.165, 1.54) is 18.4 Å². The van der Waals surface area contributed by atoms with Gasteiger partial charge in [0, 0.05) is 19.2 Å². The summed E-state index contributed by atoms with van der Waals surface area (Å²) in [5.41, 5.74) is 1.38. The molecule has 0 radical (unpaired) electrons. The van der Waals surface area contributed by atoms with E-state index in [2.05, 4.69) is 49.5 Å². The molecule has 0 heterocycles. The molecule has 1 saturated carbocycles. The maximum Gasteiger partial charge on any atom is 0.0618 e. The second-order valence-corrected chi connectivity index (χ2v) is 5.70. The number of rotatable bonds is 7. The van der Waals surface area contributed by atoms with E-state index in [1.807, 2.05) is 0 Å². The number of hydrogen-bond acceptors (Lipinski definition) is 2. The lowest BCUT2D eigenvalue weighted by atomic mass is 9.94. The second kappa shape index (κ2) is 6.35. The lowest BCUT2D eigenvalue weighted by Crippen LogP contribution is -2.39. The van der Waals surface area contributed by atoms with Crippen molar-refractivity contribution in [1.29, 1.82) is 0 Å². The van der Waals surface area contributed by atoms with Gasteiger partial charge in [0.2, 0.25) is 0 Å². The highest BCUT2D eigenvalue weighted by molar-refractivity contribution is 5.19. The molecule has 1 aliphatic rings. The SMILES string of the molecule is COCC(NC(c1ccccc1)C(C)C)C1CC1. The van der Waals surface area contributed by atoms with Crippen LogP contribution in [0.4, 0.5) is 0 Å². The van der Waals surface area contributed by atoms with Gasteiger partial charge in [0.1, 0.15) is 0 Å². The number of methoxy groups -OCH3 is 1. The van der Waals surface area contributed by atoms with Crippen molar-refractivity contribution >= 4 is 0 Å². The van der Waals surface area contributed by atoms with Gasteiger partial charge in [0.05, 0.1) is 6.61 Å². The van der Waals surface area contributed by atoms with Gasteiger partial charge in [-0.1, -0.05) is 44.2 Å². The summed E-state index contributed by atoms with van der Waals surface area (Å²) in [5, 5.41) is 3.81. The van der Waals surface area contributed by atoms with E-state index >= 15 is 0 Å². The molecule has 1 N–H and O–H groups in total. The number of ether oxygens (including phenoxy) is 1. The quantitative estimate of drug-likeness (QED) is 0.797. The first-order valence-corrected chi connectivity index (χ1v) is 7.02. The van der Waals surface area contributed by atoms with E-state index < -0.39 is 0 Å². The zero-order valence-electron chi connectivity index (χ0n) is 11.7. The van der Waals surface area contributed by atoms with Crippen molar-refractivity contribution in [2.45, 2.75) is 38.8 Å². The molecule has 2 heteroatoms. The van der Waals surface area contributed by atoms with Crippen molar-refractivity contribution in [1.82, 2.24) is 5.32 Å². The van der Waals surface area contributed by atoms with E-state index in [-0.39, 0.29) is 0 Å². The van der Waals surface area contributed by atoms with Crippen LogP contribution >= 0.6 is 0 Å². The van der Waals surface area contributed by atoms with E-state index in [0.29, 0.717) is 18.0 Å². The minimum absolute atomic E-state index is 0.423. The molecule has 2 nitrogen and oxygen atoms in total. The minimum Gasteiger partial charge on any atom is -0.383 e. The zero-order valence-corrected chi connectivity index (χ0v) is 11.7. The Morgan fingerprint density at radius 2 is 1.89 bits per heavy atom. The van der Waals surface area contributed by atoms with Gasteiger partial charge < -0.3 is 10.1 Å². The summed E-state index contributed by atoms with van der Waals surface area (Å²) in [6, 6.07) is 11.7. The van der Waals surface area contributed by atoms with Crippen molar-refractivity contribution < 1.29 is 4.74 Å². The fraction of sp³-hybridized carbons (Fsp3) is 0.625. The van der Waals surface area contributed by atoms with E-state index in [0.717, 1.165) is 12.5 Å². The van der Waals surface area contributed by atoms with Crippen LogP contribution in [-0.2, 0) is 4.74 Å². The van der Waals surface area contributed by atoms with Crippen LogP contribution in [-0.4, -0.2) is 19.8 Å². The largest absolute Gasteiger partial charge is 0.383 e. The van der Waals surface area contributed by atoms with Crippen molar-refractivity contribution in [2.75, 3.05) is 13.7 Å². The first kappa shape index (κ1) is 13.6. The molecule has 2 unspecified atom stereocenters. The summed E-state index contributed by atoms with van der Waals surface area (Å²) in [6.07, 6.45) is 2.70. The average Bonchev–Trinajstić information content (AvgIpc) is 3.19. The topological polar surface area (TPSA) is 21.3 Å². The molecular weight excluding hydrogens is 222 g/mol. The Labute approximate surface area is 111 Å². The third-order valence-electron chi connectivity index (χ3n) is 3.76. The van der Waals surface area contributed by atoms with Crippen LogP contribution in [0.25, 0.3) is 0 Å². The predicted molar refractivity (Wildman–Crippen MR) is 75.5 cm³/mol. The fourth-order valence-electron chi connectivity index (χ4n) is 2.56. The molecule has 2 rings (SSSR count). The first-order chi connectivity index (χ1) is 8.72. The Kier molecular flexibility index (Phi) is 4.79. The van der Waals surface area contributed by atoms with Crippen LogP contribution in [0.5, 0.6) is 0 Å². The normalized spacial score (nSPS) is 18.9. The van der Waals surface area contributed by atoms with Crippen molar-refractivity contribution in [3.63, 3.8) is 0 Å². The maximum absolute atomic E-state index is 5.36. The Balaban J connectivity index is 2.05. The first-order valence-electron chi connectivity index (χ1n) is 7.02. The Hall–Kier alpha value is -0.860. The monoisotopic (exact) mass is 247 g/mol. The molecule has 1 aliphatic carbocycles. The Morgan fingerprint density at radius 3 is 2.39 bits per heavy atom. The average molecular weight is 247 g/mol. The molecular formula is C16H25NO. The van der Waals surface area contributed by atoms with E-state index in [1.54, 1.807) is 7.11 Å². The van der Waals surface area contributed by atoms with Gasteiger partial charge in [0.15, 0.2) is 0 Å². The van der Waals surface area contributed by atoms with Gasteiger partial charge in [-0.25, -0.2) is 0 Å². The molecule has 1 fully saturated rings. The van der Waals surface area contributed by atoms with Crippen LogP contribution < -0.4 is 5.32 Å². The number of benzene rings is 1. The minimum atomic E-state index is 0.423. The summed E-state index contributed by atoms with van der Waals surface area (Å²) in [6.45, 7) is 5.38. The van der Waals surface area contributed by atoms with Gasteiger partial charge in [-0.3, -0.25) is 0 Å². The molecule has 1 aromatic rings. The molecule has 0 aliphatic heterocycles. The second-order valence-electron chi connectivity index (χ2n) is 5.70. The Morgan fingerprint density at radius 1 is 1.22 bits per heavy atom. The highest BCUT2D eigenvalue weighted by Gasteiger charge is 2.33. The predicted octanol–water partition coefficient (Wildman–Crippen LogP) is 3.40. The van der Waals surface area contributed by atoms with Gasteiger partial charge in [-0.2, -0.15) is 0 Å². The fourth-order valence-corrected chi connectivity index (χ4v) is 2.56. The zero-order chi connectivity index (χ0) is 13.0. The van der Waals surface area contributed by atoms with Crippen molar-refractivity contribution in [3.05, 3.63) is 35.9 Å². The van der Waals surface area contributed by atoms with Gasteiger partial charge in [-0.15, -0.1) is 0 Å².